The van der Waals surface area contributed by atoms with Crippen molar-refractivity contribution >= 4 is 0 Å². The van der Waals surface area contributed by atoms with Gasteiger partial charge in [0.2, 0.25) is 0 Å². The molecule has 1 saturated heterocycles. The van der Waals surface area contributed by atoms with Gasteiger partial charge in [-0.1, -0.05) is 13.3 Å². The third-order valence-electron chi connectivity index (χ3n) is 3.74. The van der Waals surface area contributed by atoms with Crippen molar-refractivity contribution in [2.24, 2.45) is 11.7 Å². The van der Waals surface area contributed by atoms with Gasteiger partial charge in [0, 0.05) is 6.04 Å². The summed E-state index contributed by atoms with van der Waals surface area (Å²) >= 11 is 0. The Kier molecular flexibility index (Phi) is 6.26. The minimum atomic E-state index is 0.815. The van der Waals surface area contributed by atoms with Crippen LogP contribution in [0.5, 0.6) is 0 Å². The van der Waals surface area contributed by atoms with E-state index in [1.807, 2.05) is 0 Å². The van der Waals surface area contributed by atoms with Crippen LogP contribution in [0.4, 0.5) is 0 Å². The molecule has 0 spiro atoms. The zero-order chi connectivity index (χ0) is 11.1. The Hall–Kier alpha value is -0.0800. The predicted octanol–water partition coefficient (Wildman–Crippen LogP) is 2.63. The van der Waals surface area contributed by atoms with E-state index in [-0.39, 0.29) is 0 Å². The van der Waals surface area contributed by atoms with Crippen molar-refractivity contribution in [3.8, 4) is 0 Å². The molecule has 15 heavy (non-hydrogen) atoms. The van der Waals surface area contributed by atoms with Crippen LogP contribution in [0.2, 0.25) is 0 Å². The highest BCUT2D eigenvalue weighted by Gasteiger charge is 2.17. The zero-order valence-corrected chi connectivity index (χ0v) is 10.5. The Morgan fingerprint density at radius 2 is 2.13 bits per heavy atom. The molecule has 2 nitrogen and oxygen atoms in total. The quantitative estimate of drug-likeness (QED) is 0.733. The molecule has 2 atom stereocenters. The van der Waals surface area contributed by atoms with Crippen LogP contribution in [-0.4, -0.2) is 30.6 Å². The Balaban J connectivity index is 2.08. The number of piperidine rings is 1. The van der Waals surface area contributed by atoms with Gasteiger partial charge in [-0.15, -0.1) is 0 Å². The summed E-state index contributed by atoms with van der Waals surface area (Å²) in [4.78, 5) is 2.67. The van der Waals surface area contributed by atoms with Gasteiger partial charge in [-0.25, -0.2) is 0 Å². The number of hydrogen-bond donors (Lipinski definition) is 1. The number of rotatable bonds is 6. The fourth-order valence-corrected chi connectivity index (χ4v) is 2.56. The van der Waals surface area contributed by atoms with Crippen molar-refractivity contribution in [3.05, 3.63) is 0 Å². The van der Waals surface area contributed by atoms with Crippen LogP contribution in [0, 0.1) is 5.92 Å². The van der Waals surface area contributed by atoms with E-state index in [0.29, 0.717) is 0 Å². The Morgan fingerprint density at radius 3 is 2.80 bits per heavy atom. The lowest BCUT2D eigenvalue weighted by Crippen LogP contribution is -2.38. The first-order valence-corrected chi connectivity index (χ1v) is 6.68. The third kappa shape index (κ3) is 4.98. The minimum absolute atomic E-state index is 0.815. The predicted molar refractivity (Wildman–Crippen MR) is 67.0 cm³/mol. The molecule has 0 saturated carbocycles. The van der Waals surface area contributed by atoms with Crippen LogP contribution in [-0.2, 0) is 0 Å². The van der Waals surface area contributed by atoms with E-state index in [9.17, 15) is 0 Å². The van der Waals surface area contributed by atoms with Crippen molar-refractivity contribution in [1.29, 1.82) is 0 Å². The van der Waals surface area contributed by atoms with Gasteiger partial charge >= 0.3 is 0 Å². The fourth-order valence-electron chi connectivity index (χ4n) is 2.56. The normalized spacial score (nSPS) is 25.4. The van der Waals surface area contributed by atoms with E-state index in [1.165, 1.54) is 51.6 Å². The van der Waals surface area contributed by atoms with Crippen LogP contribution in [0.15, 0.2) is 0 Å². The summed E-state index contributed by atoms with van der Waals surface area (Å²) in [7, 11) is 0. The molecule has 0 amide bonds. The topological polar surface area (TPSA) is 29.3 Å². The third-order valence-corrected chi connectivity index (χ3v) is 3.74. The first kappa shape index (κ1) is 13.0. The first-order chi connectivity index (χ1) is 7.24. The van der Waals surface area contributed by atoms with Gasteiger partial charge < -0.3 is 10.6 Å². The van der Waals surface area contributed by atoms with Crippen LogP contribution in [0.3, 0.4) is 0 Å². The maximum atomic E-state index is 5.56. The molecule has 0 aromatic heterocycles. The van der Waals surface area contributed by atoms with E-state index in [4.69, 9.17) is 5.73 Å². The summed E-state index contributed by atoms with van der Waals surface area (Å²) in [5.74, 6) is 0.815. The monoisotopic (exact) mass is 212 g/mol. The van der Waals surface area contributed by atoms with Crippen LogP contribution < -0.4 is 5.73 Å². The van der Waals surface area contributed by atoms with E-state index in [2.05, 4.69) is 18.7 Å². The molecule has 0 aliphatic carbocycles. The van der Waals surface area contributed by atoms with E-state index in [0.717, 1.165) is 18.5 Å². The van der Waals surface area contributed by atoms with E-state index in [1.54, 1.807) is 0 Å². The van der Waals surface area contributed by atoms with Crippen molar-refractivity contribution in [3.63, 3.8) is 0 Å². The highest BCUT2D eigenvalue weighted by molar-refractivity contribution is 4.72. The summed E-state index contributed by atoms with van der Waals surface area (Å²) in [5.41, 5.74) is 5.56. The average Bonchev–Trinajstić information content (AvgIpc) is 2.21. The Morgan fingerprint density at radius 1 is 1.33 bits per heavy atom. The molecule has 2 heteroatoms. The molecule has 0 bridgehead atoms. The number of nitrogens with zero attached hydrogens (tertiary/aromatic N) is 1. The molecule has 2 unspecified atom stereocenters. The molecule has 1 aliphatic heterocycles. The summed E-state index contributed by atoms with van der Waals surface area (Å²) in [6.07, 6.45) is 8.13. The molecule has 0 radical (unpaired) electrons. The van der Waals surface area contributed by atoms with Crippen LogP contribution in [0.1, 0.15) is 52.4 Å². The van der Waals surface area contributed by atoms with Crippen molar-refractivity contribution < 1.29 is 0 Å². The first-order valence-electron chi connectivity index (χ1n) is 6.68. The molecule has 1 aliphatic rings. The number of nitrogens with two attached hydrogens (primary N) is 1. The van der Waals surface area contributed by atoms with Gasteiger partial charge in [0.25, 0.3) is 0 Å². The second-order valence-corrected chi connectivity index (χ2v) is 5.21. The largest absolute Gasteiger partial charge is 0.330 e. The summed E-state index contributed by atoms with van der Waals surface area (Å²) in [6.45, 7) is 8.18. The number of likely N-dealkylation sites (tertiary alicyclic amines) is 1. The summed E-state index contributed by atoms with van der Waals surface area (Å²) < 4.78 is 0. The zero-order valence-electron chi connectivity index (χ0n) is 10.5. The molecule has 2 N–H and O–H groups in total. The minimum Gasteiger partial charge on any atom is -0.330 e. The lowest BCUT2D eigenvalue weighted by molar-refractivity contribution is 0.155. The van der Waals surface area contributed by atoms with Gasteiger partial charge in [-0.2, -0.15) is 0 Å². The molecular weight excluding hydrogens is 184 g/mol. The average molecular weight is 212 g/mol. The molecule has 0 aromatic rings. The lowest BCUT2D eigenvalue weighted by atomic mass is 10.00. The Labute approximate surface area is 95.2 Å². The molecular formula is C13H28N2. The second-order valence-electron chi connectivity index (χ2n) is 5.21. The van der Waals surface area contributed by atoms with Crippen LogP contribution >= 0.6 is 0 Å². The maximum Gasteiger partial charge on any atom is 0.00669 e. The molecule has 1 rings (SSSR count). The van der Waals surface area contributed by atoms with Gasteiger partial charge in [-0.3, -0.25) is 0 Å². The summed E-state index contributed by atoms with van der Waals surface area (Å²) in [5, 5.41) is 0. The molecule has 1 heterocycles. The molecule has 0 aromatic carbocycles. The maximum absolute atomic E-state index is 5.56. The second kappa shape index (κ2) is 7.24. The van der Waals surface area contributed by atoms with Crippen molar-refractivity contribution in [2.75, 3.05) is 19.6 Å². The van der Waals surface area contributed by atoms with E-state index < -0.39 is 0 Å². The SMILES string of the molecule is CC(CCN)CCCN1CCCCC1C. The van der Waals surface area contributed by atoms with Crippen molar-refractivity contribution in [2.45, 2.75) is 58.4 Å². The highest BCUT2D eigenvalue weighted by atomic mass is 15.1. The number of hydrogen-bond acceptors (Lipinski definition) is 2. The van der Waals surface area contributed by atoms with E-state index >= 15 is 0 Å². The molecule has 1 fully saturated rings. The van der Waals surface area contributed by atoms with Crippen molar-refractivity contribution in [1.82, 2.24) is 4.90 Å². The van der Waals surface area contributed by atoms with Gasteiger partial charge in [0.1, 0.15) is 0 Å². The fraction of sp³-hybridized carbons (Fsp3) is 1.00. The lowest BCUT2D eigenvalue weighted by Gasteiger charge is -2.33. The smallest absolute Gasteiger partial charge is 0.00669 e. The van der Waals surface area contributed by atoms with Crippen LogP contribution in [0.25, 0.3) is 0 Å². The highest BCUT2D eigenvalue weighted by Crippen LogP contribution is 2.18. The van der Waals surface area contributed by atoms with Gasteiger partial charge in [-0.05, 0) is 64.6 Å². The standard InChI is InChI=1S/C13H28N2/c1-12(8-9-14)6-5-11-15-10-4-3-7-13(15)2/h12-13H,3-11,14H2,1-2H3. The van der Waals surface area contributed by atoms with Gasteiger partial charge in [0.05, 0.1) is 0 Å². The molecule has 90 valence electrons. The summed E-state index contributed by atoms with van der Waals surface area (Å²) in [6, 6.07) is 0.823. The van der Waals surface area contributed by atoms with Gasteiger partial charge in [0.15, 0.2) is 0 Å². The Bertz CT molecular complexity index is 159.